The van der Waals surface area contributed by atoms with Gasteiger partial charge in [-0.25, -0.2) is 0 Å². The molecular formula is C16H16N4O2S. The molecule has 6 nitrogen and oxygen atoms in total. The number of rotatable bonds is 3. The summed E-state index contributed by atoms with van der Waals surface area (Å²) < 4.78 is 6.97. The molecule has 1 aliphatic carbocycles. The van der Waals surface area contributed by atoms with Crippen LogP contribution in [0, 0.1) is 0 Å². The number of nitrogens with zero attached hydrogens (tertiary/aromatic N) is 3. The molecule has 0 bridgehead atoms. The maximum atomic E-state index is 12.5. The molecule has 4 rings (SSSR count). The zero-order valence-corrected chi connectivity index (χ0v) is 13.5. The van der Waals surface area contributed by atoms with Crippen molar-refractivity contribution in [3.05, 3.63) is 39.9 Å². The van der Waals surface area contributed by atoms with Crippen LogP contribution >= 0.6 is 11.3 Å². The molecule has 1 amide bonds. The van der Waals surface area contributed by atoms with Gasteiger partial charge in [0.2, 0.25) is 0 Å². The average Bonchev–Trinajstić information content (AvgIpc) is 3.27. The second-order valence-corrected chi connectivity index (χ2v) is 6.42. The second-order valence-electron chi connectivity index (χ2n) is 5.64. The average molecular weight is 328 g/mol. The van der Waals surface area contributed by atoms with E-state index in [2.05, 4.69) is 15.6 Å². The van der Waals surface area contributed by atoms with E-state index >= 15 is 0 Å². The lowest BCUT2D eigenvalue weighted by Gasteiger charge is -2.09. The van der Waals surface area contributed by atoms with Crippen molar-refractivity contribution in [1.29, 1.82) is 0 Å². The highest BCUT2D eigenvalue weighted by atomic mass is 32.1. The van der Waals surface area contributed by atoms with Gasteiger partial charge >= 0.3 is 0 Å². The fourth-order valence-corrected chi connectivity index (χ4v) is 3.52. The summed E-state index contributed by atoms with van der Waals surface area (Å²) in [6.45, 7) is 0. The first-order valence-corrected chi connectivity index (χ1v) is 8.52. The second kappa shape index (κ2) is 5.66. The lowest BCUT2D eigenvalue weighted by atomic mass is 9.96. The molecule has 0 fully saturated rings. The van der Waals surface area contributed by atoms with Crippen LogP contribution in [0.25, 0.3) is 11.3 Å². The van der Waals surface area contributed by atoms with E-state index in [1.54, 1.807) is 16.0 Å². The molecule has 0 aliphatic heterocycles. The summed E-state index contributed by atoms with van der Waals surface area (Å²) in [6, 6.07) is 3.87. The number of aromatic nitrogens is 3. The molecule has 3 heterocycles. The summed E-state index contributed by atoms with van der Waals surface area (Å²) in [6.07, 6.45) is 3.88. The quantitative estimate of drug-likeness (QED) is 0.801. The highest BCUT2D eigenvalue weighted by Crippen LogP contribution is 2.26. The van der Waals surface area contributed by atoms with Gasteiger partial charge < -0.3 is 9.84 Å². The number of fused-ring (bicyclic) bond motifs is 1. The van der Waals surface area contributed by atoms with Crippen molar-refractivity contribution in [3.63, 3.8) is 0 Å². The van der Waals surface area contributed by atoms with Crippen molar-refractivity contribution in [2.24, 2.45) is 7.05 Å². The van der Waals surface area contributed by atoms with E-state index in [9.17, 15) is 4.79 Å². The molecule has 7 heteroatoms. The van der Waals surface area contributed by atoms with E-state index in [1.807, 2.05) is 29.9 Å². The van der Waals surface area contributed by atoms with E-state index in [0.717, 1.165) is 48.3 Å². The van der Waals surface area contributed by atoms with Crippen LogP contribution in [0.5, 0.6) is 0 Å². The SMILES string of the molecule is Cn1nc(-c2ccsc2)cc1NC(=O)c1noc2c1CCCC2. The number of carbonyl (C=O) groups excluding carboxylic acids is 1. The summed E-state index contributed by atoms with van der Waals surface area (Å²) in [5.74, 6) is 1.26. The maximum Gasteiger partial charge on any atom is 0.279 e. The Morgan fingerprint density at radius 3 is 3.09 bits per heavy atom. The maximum absolute atomic E-state index is 12.5. The minimum absolute atomic E-state index is 0.239. The first-order chi connectivity index (χ1) is 11.2. The van der Waals surface area contributed by atoms with Crippen molar-refractivity contribution in [2.45, 2.75) is 25.7 Å². The number of nitrogens with one attached hydrogen (secondary N) is 1. The Morgan fingerprint density at radius 2 is 2.26 bits per heavy atom. The highest BCUT2D eigenvalue weighted by Gasteiger charge is 2.24. The molecule has 1 N–H and O–H groups in total. The molecule has 0 aromatic carbocycles. The van der Waals surface area contributed by atoms with Gasteiger partial charge in [0.1, 0.15) is 11.6 Å². The topological polar surface area (TPSA) is 73.0 Å². The zero-order chi connectivity index (χ0) is 15.8. The third-order valence-corrected chi connectivity index (χ3v) is 4.79. The first-order valence-electron chi connectivity index (χ1n) is 7.58. The molecule has 0 radical (unpaired) electrons. The number of amides is 1. The van der Waals surface area contributed by atoms with Crippen molar-refractivity contribution in [1.82, 2.24) is 14.9 Å². The number of anilines is 1. The van der Waals surface area contributed by atoms with E-state index in [0.29, 0.717) is 11.5 Å². The van der Waals surface area contributed by atoms with Gasteiger partial charge in [-0.15, -0.1) is 0 Å². The van der Waals surface area contributed by atoms with Crippen LogP contribution in [0.15, 0.2) is 27.4 Å². The van der Waals surface area contributed by atoms with Crippen LogP contribution in [0.4, 0.5) is 5.82 Å². The standard InChI is InChI=1S/C16H16N4O2S/c1-20-14(8-12(18-20)10-6-7-23-9-10)17-16(21)15-11-4-2-3-5-13(11)22-19-15/h6-9H,2-5H2,1H3,(H,17,21). The van der Waals surface area contributed by atoms with Gasteiger partial charge in [0.05, 0.1) is 5.69 Å². The van der Waals surface area contributed by atoms with Crippen LogP contribution in [0.2, 0.25) is 0 Å². The lowest BCUT2D eigenvalue weighted by molar-refractivity contribution is 0.101. The van der Waals surface area contributed by atoms with E-state index < -0.39 is 0 Å². The number of thiophene rings is 1. The van der Waals surface area contributed by atoms with Crippen LogP contribution < -0.4 is 5.32 Å². The fraction of sp³-hybridized carbons (Fsp3) is 0.312. The van der Waals surface area contributed by atoms with Gasteiger partial charge in [-0.3, -0.25) is 9.48 Å². The Bertz CT molecular complexity index is 848. The summed E-state index contributed by atoms with van der Waals surface area (Å²) in [7, 11) is 1.81. The molecule has 3 aromatic heterocycles. The van der Waals surface area contributed by atoms with E-state index in [1.165, 1.54) is 0 Å². The predicted molar refractivity (Wildman–Crippen MR) is 87.6 cm³/mol. The van der Waals surface area contributed by atoms with Gasteiger partial charge in [0, 0.05) is 36.0 Å². The number of hydrogen-bond donors (Lipinski definition) is 1. The molecule has 1 aliphatic rings. The van der Waals surface area contributed by atoms with Crippen molar-refractivity contribution in [2.75, 3.05) is 5.32 Å². The fourth-order valence-electron chi connectivity index (χ4n) is 2.87. The third kappa shape index (κ3) is 2.57. The summed E-state index contributed by atoms with van der Waals surface area (Å²) >= 11 is 1.62. The molecule has 3 aromatic rings. The van der Waals surface area contributed by atoms with Crippen molar-refractivity contribution < 1.29 is 9.32 Å². The predicted octanol–water partition coefficient (Wildman–Crippen LogP) is 3.27. The molecule has 0 atom stereocenters. The van der Waals surface area contributed by atoms with Crippen LogP contribution in [0.1, 0.15) is 34.7 Å². The highest BCUT2D eigenvalue weighted by molar-refractivity contribution is 7.08. The minimum Gasteiger partial charge on any atom is -0.360 e. The molecule has 0 saturated carbocycles. The number of aryl methyl sites for hydroxylation is 2. The molecule has 0 spiro atoms. The first kappa shape index (κ1) is 14.2. The largest absolute Gasteiger partial charge is 0.360 e. The Hall–Kier alpha value is -2.41. The summed E-state index contributed by atoms with van der Waals surface area (Å²) in [4.78, 5) is 12.5. The van der Waals surface area contributed by atoms with E-state index in [4.69, 9.17) is 4.52 Å². The normalized spacial score (nSPS) is 13.8. The minimum atomic E-state index is -0.239. The van der Waals surface area contributed by atoms with Gasteiger partial charge in [-0.05, 0) is 30.7 Å². The van der Waals surface area contributed by atoms with Gasteiger partial charge in [-0.1, -0.05) is 5.16 Å². The molecule has 0 unspecified atom stereocenters. The van der Waals surface area contributed by atoms with Crippen molar-refractivity contribution in [3.8, 4) is 11.3 Å². The zero-order valence-electron chi connectivity index (χ0n) is 12.7. The molecule has 0 saturated heterocycles. The van der Waals surface area contributed by atoms with E-state index in [-0.39, 0.29) is 5.91 Å². The Morgan fingerprint density at radius 1 is 1.39 bits per heavy atom. The van der Waals surface area contributed by atoms with Gasteiger partial charge in [0.25, 0.3) is 5.91 Å². The molecule has 23 heavy (non-hydrogen) atoms. The van der Waals surface area contributed by atoms with Crippen molar-refractivity contribution >= 4 is 23.1 Å². The number of carbonyl (C=O) groups is 1. The number of hydrogen-bond acceptors (Lipinski definition) is 5. The van der Waals surface area contributed by atoms with Gasteiger partial charge in [-0.2, -0.15) is 16.4 Å². The Labute approximate surface area is 137 Å². The van der Waals surface area contributed by atoms with Crippen LogP contribution in [-0.4, -0.2) is 20.8 Å². The summed E-state index contributed by atoms with van der Waals surface area (Å²) in [5.41, 5.74) is 3.24. The monoisotopic (exact) mass is 328 g/mol. The summed E-state index contributed by atoms with van der Waals surface area (Å²) in [5, 5.41) is 15.3. The molecule has 118 valence electrons. The van der Waals surface area contributed by atoms with Crippen LogP contribution in [-0.2, 0) is 19.9 Å². The molecular weight excluding hydrogens is 312 g/mol. The Kier molecular flexibility index (Phi) is 3.49. The lowest BCUT2D eigenvalue weighted by Crippen LogP contribution is -2.17. The third-order valence-electron chi connectivity index (χ3n) is 4.10. The van der Waals surface area contributed by atoms with Crippen LogP contribution in [0.3, 0.4) is 0 Å². The van der Waals surface area contributed by atoms with Gasteiger partial charge in [0.15, 0.2) is 5.69 Å². The smallest absolute Gasteiger partial charge is 0.279 e. The Balaban J connectivity index is 1.58.